The smallest absolute Gasteiger partial charge is 0.253 e. The molecule has 2 rings (SSSR count). The van der Waals surface area contributed by atoms with Crippen LogP contribution in [-0.4, -0.2) is 13.0 Å². The fourth-order valence-corrected chi connectivity index (χ4v) is 1.95. The first-order valence-electron chi connectivity index (χ1n) is 5.96. The van der Waals surface area contributed by atoms with Gasteiger partial charge in [-0.1, -0.05) is 23.7 Å². The molecule has 2 aromatic carbocycles. The van der Waals surface area contributed by atoms with Crippen LogP contribution in [0.25, 0.3) is 0 Å². The van der Waals surface area contributed by atoms with Gasteiger partial charge < -0.3 is 10.1 Å². The molecule has 0 bridgehead atoms. The first-order chi connectivity index (χ1) is 9.60. The Balaban J connectivity index is 2.00. The first kappa shape index (κ1) is 14.3. The summed E-state index contributed by atoms with van der Waals surface area (Å²) in [6.45, 7) is 0.358. The van der Waals surface area contributed by atoms with Crippen LogP contribution >= 0.6 is 11.6 Å². The predicted octanol–water partition coefficient (Wildman–Crippen LogP) is 3.42. The minimum atomic E-state index is -0.471. The van der Waals surface area contributed by atoms with Crippen LogP contribution in [0.1, 0.15) is 15.9 Å². The molecule has 20 heavy (non-hydrogen) atoms. The fraction of sp³-hybridized carbons (Fsp3) is 0.133. The summed E-state index contributed by atoms with van der Waals surface area (Å²) >= 11 is 5.83. The standard InChI is InChI=1S/C15H13ClFNO2/c1-20-12-5-2-10(3-6-12)9-18-15(19)13-7-4-11(17)8-14(13)16/h2-8H,9H2,1H3,(H,18,19). The molecule has 0 aliphatic rings. The Morgan fingerprint density at radius 2 is 1.95 bits per heavy atom. The number of rotatable bonds is 4. The average molecular weight is 294 g/mol. The fourth-order valence-electron chi connectivity index (χ4n) is 1.69. The summed E-state index contributed by atoms with van der Waals surface area (Å²) < 4.78 is 18.0. The average Bonchev–Trinajstić information content (AvgIpc) is 2.45. The second-order valence-corrected chi connectivity index (χ2v) is 4.56. The summed E-state index contributed by atoms with van der Waals surface area (Å²) in [5.74, 6) is -0.0609. The highest BCUT2D eigenvalue weighted by molar-refractivity contribution is 6.33. The second-order valence-electron chi connectivity index (χ2n) is 4.15. The number of carbonyl (C=O) groups excluding carboxylic acids is 1. The zero-order valence-corrected chi connectivity index (χ0v) is 11.6. The maximum atomic E-state index is 12.9. The molecule has 0 radical (unpaired) electrons. The van der Waals surface area contributed by atoms with Crippen LogP contribution in [0.2, 0.25) is 5.02 Å². The molecular weight excluding hydrogens is 281 g/mol. The Labute approximate surface area is 121 Å². The van der Waals surface area contributed by atoms with E-state index in [2.05, 4.69) is 5.32 Å². The lowest BCUT2D eigenvalue weighted by Crippen LogP contribution is -2.23. The highest BCUT2D eigenvalue weighted by Crippen LogP contribution is 2.17. The van der Waals surface area contributed by atoms with E-state index >= 15 is 0 Å². The van der Waals surface area contributed by atoms with Gasteiger partial charge in [-0.25, -0.2) is 4.39 Å². The number of hydrogen-bond acceptors (Lipinski definition) is 2. The van der Waals surface area contributed by atoms with Crippen molar-refractivity contribution in [1.29, 1.82) is 0 Å². The van der Waals surface area contributed by atoms with Crippen LogP contribution in [-0.2, 0) is 6.54 Å². The Bertz CT molecular complexity index is 614. The molecule has 0 aliphatic carbocycles. The number of amides is 1. The number of nitrogens with one attached hydrogen (secondary N) is 1. The molecule has 0 heterocycles. The van der Waals surface area contributed by atoms with Crippen LogP contribution < -0.4 is 10.1 Å². The van der Waals surface area contributed by atoms with Gasteiger partial charge in [-0.15, -0.1) is 0 Å². The van der Waals surface area contributed by atoms with E-state index in [9.17, 15) is 9.18 Å². The third kappa shape index (κ3) is 3.48. The van der Waals surface area contributed by atoms with Gasteiger partial charge in [0.25, 0.3) is 5.91 Å². The van der Waals surface area contributed by atoms with Crippen LogP contribution in [0.15, 0.2) is 42.5 Å². The highest BCUT2D eigenvalue weighted by atomic mass is 35.5. The Morgan fingerprint density at radius 3 is 2.55 bits per heavy atom. The number of halogens is 2. The number of carbonyl (C=O) groups is 1. The molecule has 0 aromatic heterocycles. The molecule has 0 fully saturated rings. The van der Waals surface area contributed by atoms with Gasteiger partial charge in [0.1, 0.15) is 11.6 Å². The minimum absolute atomic E-state index is 0.0947. The molecule has 0 spiro atoms. The molecule has 0 atom stereocenters. The van der Waals surface area contributed by atoms with Crippen molar-refractivity contribution in [1.82, 2.24) is 5.32 Å². The van der Waals surface area contributed by atoms with Crippen molar-refractivity contribution in [2.45, 2.75) is 6.54 Å². The summed E-state index contributed by atoms with van der Waals surface area (Å²) in [4.78, 5) is 11.9. The summed E-state index contributed by atoms with van der Waals surface area (Å²) in [6.07, 6.45) is 0. The summed E-state index contributed by atoms with van der Waals surface area (Å²) in [7, 11) is 1.59. The van der Waals surface area contributed by atoms with Crippen LogP contribution in [0.4, 0.5) is 4.39 Å². The van der Waals surface area contributed by atoms with Crippen LogP contribution in [0.5, 0.6) is 5.75 Å². The van der Waals surface area contributed by atoms with Crippen molar-refractivity contribution >= 4 is 17.5 Å². The normalized spacial score (nSPS) is 10.2. The third-order valence-corrected chi connectivity index (χ3v) is 3.10. The van der Waals surface area contributed by atoms with Gasteiger partial charge in [-0.3, -0.25) is 4.79 Å². The van der Waals surface area contributed by atoms with Gasteiger partial charge >= 0.3 is 0 Å². The molecule has 1 N–H and O–H groups in total. The van der Waals surface area contributed by atoms with Gasteiger partial charge in [0.15, 0.2) is 0 Å². The maximum absolute atomic E-state index is 12.9. The van der Waals surface area contributed by atoms with Crippen molar-refractivity contribution in [3.05, 3.63) is 64.4 Å². The molecule has 0 aliphatic heterocycles. The number of benzene rings is 2. The van der Waals surface area contributed by atoms with Crippen molar-refractivity contribution in [3.8, 4) is 5.75 Å². The molecular formula is C15H13ClFNO2. The van der Waals surface area contributed by atoms with Gasteiger partial charge in [-0.2, -0.15) is 0 Å². The van der Waals surface area contributed by atoms with Gasteiger partial charge in [0.05, 0.1) is 17.7 Å². The topological polar surface area (TPSA) is 38.3 Å². The first-order valence-corrected chi connectivity index (χ1v) is 6.34. The molecule has 0 saturated carbocycles. The molecule has 3 nitrogen and oxygen atoms in total. The lowest BCUT2D eigenvalue weighted by Gasteiger charge is -2.07. The van der Waals surface area contributed by atoms with E-state index in [1.807, 2.05) is 24.3 Å². The molecule has 5 heteroatoms. The zero-order chi connectivity index (χ0) is 14.5. The van der Waals surface area contributed by atoms with Gasteiger partial charge in [0.2, 0.25) is 0 Å². The number of ether oxygens (including phenoxy) is 1. The van der Waals surface area contributed by atoms with Crippen LogP contribution in [0, 0.1) is 5.82 Å². The molecule has 0 saturated heterocycles. The third-order valence-electron chi connectivity index (χ3n) is 2.79. The molecule has 0 unspecified atom stereocenters. The van der Waals surface area contributed by atoms with Gasteiger partial charge in [-0.05, 0) is 35.9 Å². The van der Waals surface area contributed by atoms with Crippen LogP contribution in [0.3, 0.4) is 0 Å². The molecule has 2 aromatic rings. The van der Waals surface area contributed by atoms with Crippen molar-refractivity contribution in [3.63, 3.8) is 0 Å². The van der Waals surface area contributed by atoms with E-state index in [1.54, 1.807) is 7.11 Å². The van der Waals surface area contributed by atoms with E-state index in [1.165, 1.54) is 12.1 Å². The van der Waals surface area contributed by atoms with E-state index in [-0.39, 0.29) is 16.5 Å². The lowest BCUT2D eigenvalue weighted by molar-refractivity contribution is 0.0951. The zero-order valence-electron chi connectivity index (χ0n) is 10.8. The van der Waals surface area contributed by atoms with E-state index in [4.69, 9.17) is 16.3 Å². The summed E-state index contributed by atoms with van der Waals surface area (Å²) in [5.41, 5.74) is 1.18. The SMILES string of the molecule is COc1ccc(CNC(=O)c2ccc(F)cc2Cl)cc1. The monoisotopic (exact) mass is 293 g/mol. The Morgan fingerprint density at radius 1 is 1.25 bits per heavy atom. The summed E-state index contributed by atoms with van der Waals surface area (Å²) in [5, 5.41) is 2.82. The van der Waals surface area contributed by atoms with Gasteiger partial charge in [0, 0.05) is 6.54 Å². The number of methoxy groups -OCH3 is 1. The predicted molar refractivity (Wildman–Crippen MR) is 75.6 cm³/mol. The van der Waals surface area contributed by atoms with Crippen molar-refractivity contribution in [2.75, 3.05) is 7.11 Å². The molecule has 1 amide bonds. The minimum Gasteiger partial charge on any atom is -0.497 e. The second kappa shape index (κ2) is 6.39. The quantitative estimate of drug-likeness (QED) is 0.938. The summed E-state index contributed by atoms with van der Waals surface area (Å²) in [6, 6.07) is 11.0. The number of hydrogen-bond donors (Lipinski definition) is 1. The van der Waals surface area contributed by atoms with Crippen molar-refractivity contribution in [2.24, 2.45) is 0 Å². The maximum Gasteiger partial charge on any atom is 0.253 e. The van der Waals surface area contributed by atoms with E-state index in [0.717, 1.165) is 17.4 Å². The van der Waals surface area contributed by atoms with E-state index < -0.39 is 5.82 Å². The largest absolute Gasteiger partial charge is 0.497 e. The molecule has 104 valence electrons. The lowest BCUT2D eigenvalue weighted by atomic mass is 10.2. The Kier molecular flexibility index (Phi) is 4.58. The highest BCUT2D eigenvalue weighted by Gasteiger charge is 2.10. The van der Waals surface area contributed by atoms with E-state index in [0.29, 0.717) is 6.54 Å². The Hall–Kier alpha value is -2.07. The van der Waals surface area contributed by atoms with Crippen molar-refractivity contribution < 1.29 is 13.9 Å².